The van der Waals surface area contributed by atoms with Gasteiger partial charge < -0.3 is 19.6 Å². The first kappa shape index (κ1) is 11.8. The third kappa shape index (κ3) is 2.33. The molecule has 0 unspecified atom stereocenters. The van der Waals surface area contributed by atoms with Crippen LogP contribution in [0.5, 0.6) is 0 Å². The Hall–Kier alpha value is -2.24. The molecule has 1 saturated heterocycles. The molecule has 1 atom stereocenters. The average Bonchev–Trinajstić information content (AvgIpc) is 3.09. The van der Waals surface area contributed by atoms with Gasteiger partial charge in [-0.1, -0.05) is 0 Å². The Balaban J connectivity index is 1.77. The number of hydrogen-bond donors (Lipinski definition) is 2. The van der Waals surface area contributed by atoms with Gasteiger partial charge in [0.2, 0.25) is 0 Å². The summed E-state index contributed by atoms with van der Waals surface area (Å²) in [5, 5.41) is 9.05. The molecule has 100 valence electrons. The number of aromatic amines is 1. The summed E-state index contributed by atoms with van der Waals surface area (Å²) in [5.41, 5.74) is 1.86. The quantitative estimate of drug-likeness (QED) is 0.869. The second-order valence-corrected chi connectivity index (χ2v) is 4.81. The van der Waals surface area contributed by atoms with Crippen molar-refractivity contribution in [2.75, 3.05) is 13.1 Å². The van der Waals surface area contributed by atoms with Gasteiger partial charge >= 0.3 is 6.09 Å². The second-order valence-electron chi connectivity index (χ2n) is 4.81. The Labute approximate surface area is 110 Å². The van der Waals surface area contributed by atoms with E-state index in [1.54, 1.807) is 6.33 Å². The molecule has 19 heavy (non-hydrogen) atoms. The maximum absolute atomic E-state index is 11.0. The number of carboxylic acid groups (broad SMARTS) is 1. The van der Waals surface area contributed by atoms with E-state index in [-0.39, 0.29) is 6.04 Å². The molecule has 3 heterocycles. The molecule has 2 aromatic heterocycles. The fourth-order valence-corrected chi connectivity index (χ4v) is 2.54. The van der Waals surface area contributed by atoms with Gasteiger partial charge in [0.05, 0.1) is 18.1 Å². The topological polar surface area (TPSA) is 74.2 Å². The first-order valence-corrected chi connectivity index (χ1v) is 6.39. The van der Waals surface area contributed by atoms with Gasteiger partial charge in [0, 0.05) is 25.5 Å². The highest BCUT2D eigenvalue weighted by atomic mass is 16.4. The van der Waals surface area contributed by atoms with Gasteiger partial charge in [-0.2, -0.15) is 0 Å². The van der Waals surface area contributed by atoms with Crippen LogP contribution in [0.4, 0.5) is 4.79 Å². The van der Waals surface area contributed by atoms with E-state index in [1.807, 2.05) is 29.1 Å². The molecule has 0 spiro atoms. The van der Waals surface area contributed by atoms with Crippen LogP contribution in [0.2, 0.25) is 0 Å². The van der Waals surface area contributed by atoms with Crippen LogP contribution in [-0.2, 0) is 0 Å². The molecule has 3 rings (SSSR count). The number of piperidine rings is 1. The van der Waals surface area contributed by atoms with Crippen LogP contribution in [0.25, 0.3) is 11.4 Å². The summed E-state index contributed by atoms with van der Waals surface area (Å²) in [7, 11) is 0. The van der Waals surface area contributed by atoms with Crippen molar-refractivity contribution in [3.05, 3.63) is 30.9 Å². The number of nitrogens with zero attached hydrogens (tertiary/aromatic N) is 3. The van der Waals surface area contributed by atoms with Crippen molar-refractivity contribution < 1.29 is 9.90 Å². The van der Waals surface area contributed by atoms with Crippen LogP contribution >= 0.6 is 0 Å². The van der Waals surface area contributed by atoms with Crippen molar-refractivity contribution in [3.8, 4) is 11.4 Å². The molecule has 2 N–H and O–H groups in total. The molecule has 0 aromatic carbocycles. The minimum absolute atomic E-state index is 0.182. The zero-order chi connectivity index (χ0) is 13.2. The SMILES string of the molecule is O=C(O)N1CCC[C@H](n2cnc(-c3ccc[nH]3)c2)C1. The summed E-state index contributed by atoms with van der Waals surface area (Å²) < 4.78 is 2.02. The lowest BCUT2D eigenvalue weighted by Crippen LogP contribution is -2.39. The fraction of sp³-hybridized carbons (Fsp3) is 0.385. The van der Waals surface area contributed by atoms with Crippen LogP contribution in [0, 0.1) is 0 Å². The van der Waals surface area contributed by atoms with Crippen molar-refractivity contribution in [3.63, 3.8) is 0 Å². The molecule has 6 heteroatoms. The van der Waals surface area contributed by atoms with E-state index in [9.17, 15) is 4.79 Å². The van der Waals surface area contributed by atoms with Gasteiger partial charge in [-0.15, -0.1) is 0 Å². The van der Waals surface area contributed by atoms with Crippen LogP contribution in [0.1, 0.15) is 18.9 Å². The Morgan fingerprint density at radius 1 is 1.53 bits per heavy atom. The van der Waals surface area contributed by atoms with Crippen molar-refractivity contribution >= 4 is 6.09 Å². The molecule has 0 radical (unpaired) electrons. The highest BCUT2D eigenvalue weighted by molar-refractivity contribution is 5.65. The van der Waals surface area contributed by atoms with Crippen LogP contribution in [0.3, 0.4) is 0 Å². The van der Waals surface area contributed by atoms with E-state index < -0.39 is 6.09 Å². The number of likely N-dealkylation sites (tertiary alicyclic amines) is 1. The summed E-state index contributed by atoms with van der Waals surface area (Å²) in [5.74, 6) is 0. The predicted molar refractivity (Wildman–Crippen MR) is 69.9 cm³/mol. The van der Waals surface area contributed by atoms with Crippen molar-refractivity contribution in [2.24, 2.45) is 0 Å². The van der Waals surface area contributed by atoms with Gasteiger partial charge in [-0.3, -0.25) is 0 Å². The Bertz CT molecular complexity index is 561. The summed E-state index contributed by atoms with van der Waals surface area (Å²) in [6, 6.07) is 4.08. The van der Waals surface area contributed by atoms with Crippen LogP contribution in [0.15, 0.2) is 30.9 Å². The number of rotatable bonds is 2. The minimum atomic E-state index is -0.839. The maximum atomic E-state index is 11.0. The van der Waals surface area contributed by atoms with Crippen LogP contribution < -0.4 is 0 Å². The number of aromatic nitrogens is 3. The minimum Gasteiger partial charge on any atom is -0.465 e. The molecule has 0 saturated carbocycles. The van der Waals surface area contributed by atoms with E-state index in [0.717, 1.165) is 24.2 Å². The summed E-state index contributed by atoms with van der Waals surface area (Å²) in [6.45, 7) is 1.17. The molecule has 2 aromatic rings. The molecule has 0 bridgehead atoms. The van der Waals surface area contributed by atoms with E-state index >= 15 is 0 Å². The number of carbonyl (C=O) groups is 1. The van der Waals surface area contributed by atoms with Crippen molar-refractivity contribution in [1.29, 1.82) is 0 Å². The Kier molecular flexibility index (Phi) is 2.98. The Morgan fingerprint density at radius 3 is 3.16 bits per heavy atom. The Morgan fingerprint density at radius 2 is 2.42 bits per heavy atom. The molecule has 1 aliphatic rings. The lowest BCUT2D eigenvalue weighted by atomic mass is 10.1. The smallest absolute Gasteiger partial charge is 0.407 e. The zero-order valence-electron chi connectivity index (χ0n) is 10.5. The summed E-state index contributed by atoms with van der Waals surface area (Å²) in [4.78, 5) is 20.0. The largest absolute Gasteiger partial charge is 0.465 e. The molecule has 0 aliphatic carbocycles. The van der Waals surface area contributed by atoms with Crippen molar-refractivity contribution in [1.82, 2.24) is 19.4 Å². The molecular formula is C13H16N4O2. The molecule has 1 aliphatic heterocycles. The predicted octanol–water partition coefficient (Wildman–Crippen LogP) is 2.19. The number of imidazole rings is 1. The van der Waals surface area contributed by atoms with Gasteiger partial charge in [0.25, 0.3) is 0 Å². The first-order valence-electron chi connectivity index (χ1n) is 6.39. The third-order valence-corrected chi connectivity index (χ3v) is 3.56. The van der Waals surface area contributed by atoms with Crippen LogP contribution in [-0.4, -0.2) is 43.7 Å². The van der Waals surface area contributed by atoms with Crippen molar-refractivity contribution in [2.45, 2.75) is 18.9 Å². The molecule has 1 fully saturated rings. The standard InChI is InChI=1S/C13H16N4O2/c18-13(19)16-6-2-3-10(7-16)17-8-12(15-9-17)11-4-1-5-14-11/h1,4-5,8-10,14H,2-3,6-7H2,(H,18,19)/t10-/m0/s1. The number of H-pyrrole nitrogens is 1. The van der Waals surface area contributed by atoms with Gasteiger partial charge in [-0.25, -0.2) is 9.78 Å². The molecule has 1 amide bonds. The summed E-state index contributed by atoms with van der Waals surface area (Å²) >= 11 is 0. The van der Waals surface area contributed by atoms with E-state index in [1.165, 1.54) is 4.90 Å². The fourth-order valence-electron chi connectivity index (χ4n) is 2.54. The van der Waals surface area contributed by atoms with Gasteiger partial charge in [0.1, 0.15) is 5.69 Å². The normalized spacial score (nSPS) is 19.6. The average molecular weight is 260 g/mol. The zero-order valence-corrected chi connectivity index (χ0v) is 10.5. The number of hydrogen-bond acceptors (Lipinski definition) is 2. The second kappa shape index (κ2) is 4.79. The summed E-state index contributed by atoms with van der Waals surface area (Å²) in [6.07, 6.45) is 6.67. The van der Waals surface area contributed by atoms with E-state index in [2.05, 4.69) is 9.97 Å². The van der Waals surface area contributed by atoms with E-state index in [4.69, 9.17) is 5.11 Å². The molecular weight excluding hydrogens is 244 g/mol. The monoisotopic (exact) mass is 260 g/mol. The lowest BCUT2D eigenvalue weighted by molar-refractivity contribution is 0.121. The highest BCUT2D eigenvalue weighted by Crippen LogP contribution is 2.23. The lowest BCUT2D eigenvalue weighted by Gasteiger charge is -2.31. The van der Waals surface area contributed by atoms with Gasteiger partial charge in [0.15, 0.2) is 0 Å². The maximum Gasteiger partial charge on any atom is 0.407 e. The molecule has 6 nitrogen and oxygen atoms in total. The highest BCUT2D eigenvalue weighted by Gasteiger charge is 2.24. The van der Waals surface area contributed by atoms with Gasteiger partial charge in [-0.05, 0) is 25.0 Å². The number of amides is 1. The third-order valence-electron chi connectivity index (χ3n) is 3.56. The first-order chi connectivity index (χ1) is 9.24. The van der Waals surface area contributed by atoms with E-state index in [0.29, 0.717) is 13.1 Å². The number of nitrogens with one attached hydrogen (secondary N) is 1.